The molecule has 4 nitrogen and oxygen atoms in total. The molecule has 1 heterocycles. The summed E-state index contributed by atoms with van der Waals surface area (Å²) in [5, 5.41) is 3.24. The molecular weight excluding hydrogens is 242 g/mol. The van der Waals surface area contributed by atoms with Crippen molar-refractivity contribution in [3.63, 3.8) is 0 Å². The van der Waals surface area contributed by atoms with Crippen molar-refractivity contribution in [3.05, 3.63) is 29.8 Å². The van der Waals surface area contributed by atoms with Gasteiger partial charge in [-0.1, -0.05) is 19.1 Å². The standard InChI is InChI=1S/C15H21NO3/c1-3-15(7-8-16-11-15)14(17)19-10-12-5-4-6-13(9-12)18-2/h4-6,9,16H,3,7-8,10-11H2,1-2H3. The van der Waals surface area contributed by atoms with Gasteiger partial charge in [0.2, 0.25) is 0 Å². The van der Waals surface area contributed by atoms with Crippen LogP contribution in [0.25, 0.3) is 0 Å². The second kappa shape index (κ2) is 6.06. The zero-order valence-corrected chi connectivity index (χ0v) is 11.6. The molecular formula is C15H21NO3. The van der Waals surface area contributed by atoms with Crippen LogP contribution in [0.15, 0.2) is 24.3 Å². The van der Waals surface area contributed by atoms with Gasteiger partial charge < -0.3 is 14.8 Å². The van der Waals surface area contributed by atoms with Crippen molar-refractivity contribution in [3.8, 4) is 5.75 Å². The number of carbonyl (C=O) groups is 1. The Balaban J connectivity index is 1.96. The number of ether oxygens (including phenoxy) is 2. The smallest absolute Gasteiger partial charge is 0.313 e. The highest BCUT2D eigenvalue weighted by Gasteiger charge is 2.40. The Morgan fingerprint density at radius 3 is 2.95 bits per heavy atom. The van der Waals surface area contributed by atoms with Gasteiger partial charge in [0.05, 0.1) is 12.5 Å². The normalized spacial score (nSPS) is 22.2. The van der Waals surface area contributed by atoms with Crippen LogP contribution in [0, 0.1) is 5.41 Å². The van der Waals surface area contributed by atoms with Crippen LogP contribution in [0.1, 0.15) is 25.3 Å². The van der Waals surface area contributed by atoms with E-state index in [1.807, 2.05) is 31.2 Å². The zero-order chi connectivity index (χ0) is 13.7. The van der Waals surface area contributed by atoms with E-state index < -0.39 is 0 Å². The summed E-state index contributed by atoms with van der Waals surface area (Å²) in [5.74, 6) is 0.684. The summed E-state index contributed by atoms with van der Waals surface area (Å²) in [4.78, 5) is 12.2. The topological polar surface area (TPSA) is 47.6 Å². The molecule has 0 spiro atoms. The minimum atomic E-state index is -0.334. The van der Waals surface area contributed by atoms with Crippen molar-refractivity contribution in [1.29, 1.82) is 0 Å². The molecule has 1 N–H and O–H groups in total. The minimum absolute atomic E-state index is 0.0946. The van der Waals surface area contributed by atoms with E-state index >= 15 is 0 Å². The zero-order valence-electron chi connectivity index (χ0n) is 11.6. The van der Waals surface area contributed by atoms with Crippen LogP contribution in [-0.4, -0.2) is 26.2 Å². The molecule has 1 aromatic carbocycles. The summed E-state index contributed by atoms with van der Waals surface area (Å²) < 4.78 is 10.6. The number of methoxy groups -OCH3 is 1. The van der Waals surface area contributed by atoms with E-state index in [2.05, 4.69) is 5.32 Å². The lowest BCUT2D eigenvalue weighted by Crippen LogP contribution is -2.34. The van der Waals surface area contributed by atoms with Gasteiger partial charge >= 0.3 is 5.97 Å². The third kappa shape index (κ3) is 3.07. The lowest BCUT2D eigenvalue weighted by Gasteiger charge is -2.24. The van der Waals surface area contributed by atoms with E-state index in [9.17, 15) is 4.79 Å². The monoisotopic (exact) mass is 263 g/mol. The van der Waals surface area contributed by atoms with Crippen LogP contribution in [0.4, 0.5) is 0 Å². The summed E-state index contributed by atoms with van der Waals surface area (Å²) >= 11 is 0. The highest BCUT2D eigenvalue weighted by molar-refractivity contribution is 5.77. The highest BCUT2D eigenvalue weighted by atomic mass is 16.5. The van der Waals surface area contributed by atoms with Gasteiger partial charge in [-0.3, -0.25) is 4.79 Å². The van der Waals surface area contributed by atoms with Crippen LogP contribution < -0.4 is 10.1 Å². The second-order valence-electron chi connectivity index (χ2n) is 4.99. The number of carbonyl (C=O) groups excluding carboxylic acids is 1. The first-order valence-corrected chi connectivity index (χ1v) is 6.71. The van der Waals surface area contributed by atoms with Crippen LogP contribution in [-0.2, 0) is 16.1 Å². The van der Waals surface area contributed by atoms with Crippen LogP contribution in [0.3, 0.4) is 0 Å². The van der Waals surface area contributed by atoms with E-state index in [1.54, 1.807) is 7.11 Å². The first-order chi connectivity index (χ1) is 9.20. The van der Waals surface area contributed by atoms with Crippen molar-refractivity contribution in [1.82, 2.24) is 5.32 Å². The highest BCUT2D eigenvalue weighted by Crippen LogP contribution is 2.31. The SMILES string of the molecule is CCC1(C(=O)OCc2cccc(OC)c2)CCNC1. The molecule has 2 rings (SSSR count). The fraction of sp³-hybridized carbons (Fsp3) is 0.533. The van der Waals surface area contributed by atoms with Crippen molar-refractivity contribution in [2.24, 2.45) is 5.41 Å². The summed E-state index contributed by atoms with van der Waals surface area (Å²) in [5.41, 5.74) is 0.615. The van der Waals surface area contributed by atoms with Gasteiger partial charge in [0.15, 0.2) is 0 Å². The molecule has 1 aliphatic heterocycles. The summed E-state index contributed by atoms with van der Waals surface area (Å²) in [6.07, 6.45) is 1.68. The fourth-order valence-electron chi connectivity index (χ4n) is 2.43. The Morgan fingerprint density at radius 1 is 1.47 bits per heavy atom. The van der Waals surface area contributed by atoms with Gasteiger partial charge in [-0.2, -0.15) is 0 Å². The fourth-order valence-corrected chi connectivity index (χ4v) is 2.43. The van der Waals surface area contributed by atoms with Crippen molar-refractivity contribution < 1.29 is 14.3 Å². The number of benzene rings is 1. The van der Waals surface area contributed by atoms with E-state index in [0.717, 1.165) is 37.2 Å². The molecule has 1 fully saturated rings. The lowest BCUT2D eigenvalue weighted by molar-refractivity contribution is -0.156. The van der Waals surface area contributed by atoms with Crippen LogP contribution >= 0.6 is 0 Å². The summed E-state index contributed by atoms with van der Waals surface area (Å²) in [6, 6.07) is 7.59. The first kappa shape index (κ1) is 13.9. The molecule has 0 aliphatic carbocycles. The molecule has 0 bridgehead atoms. The maximum atomic E-state index is 12.2. The van der Waals surface area contributed by atoms with Crippen LogP contribution in [0.5, 0.6) is 5.75 Å². The third-order valence-corrected chi connectivity index (χ3v) is 3.86. The summed E-state index contributed by atoms with van der Waals surface area (Å²) in [6.45, 7) is 3.96. The van der Waals surface area contributed by atoms with E-state index in [-0.39, 0.29) is 11.4 Å². The molecule has 4 heteroatoms. The van der Waals surface area contributed by atoms with Crippen molar-refractivity contribution >= 4 is 5.97 Å². The quantitative estimate of drug-likeness (QED) is 0.827. The number of hydrogen-bond acceptors (Lipinski definition) is 4. The molecule has 1 atom stereocenters. The van der Waals surface area contributed by atoms with Gasteiger partial charge in [-0.05, 0) is 37.1 Å². The van der Waals surface area contributed by atoms with Crippen molar-refractivity contribution in [2.75, 3.05) is 20.2 Å². The molecule has 1 unspecified atom stereocenters. The largest absolute Gasteiger partial charge is 0.497 e. The lowest BCUT2D eigenvalue weighted by atomic mass is 9.84. The van der Waals surface area contributed by atoms with Gasteiger partial charge in [0.25, 0.3) is 0 Å². The molecule has 0 radical (unpaired) electrons. The van der Waals surface area contributed by atoms with Gasteiger partial charge in [0.1, 0.15) is 12.4 Å². The molecule has 1 aliphatic rings. The van der Waals surface area contributed by atoms with Gasteiger partial charge in [-0.15, -0.1) is 0 Å². The molecule has 19 heavy (non-hydrogen) atoms. The number of hydrogen-bond donors (Lipinski definition) is 1. The average Bonchev–Trinajstić information content (AvgIpc) is 2.95. The number of esters is 1. The molecule has 0 amide bonds. The molecule has 0 saturated carbocycles. The third-order valence-electron chi connectivity index (χ3n) is 3.86. The Hall–Kier alpha value is -1.55. The first-order valence-electron chi connectivity index (χ1n) is 6.71. The summed E-state index contributed by atoms with van der Waals surface area (Å²) in [7, 11) is 1.63. The Bertz CT molecular complexity index is 439. The van der Waals surface area contributed by atoms with Crippen LogP contribution in [0.2, 0.25) is 0 Å². The predicted molar refractivity (Wildman–Crippen MR) is 73.0 cm³/mol. The Morgan fingerprint density at radius 2 is 2.32 bits per heavy atom. The van der Waals surface area contributed by atoms with E-state index in [1.165, 1.54) is 0 Å². The molecule has 104 valence electrons. The number of nitrogens with one attached hydrogen (secondary N) is 1. The molecule has 1 saturated heterocycles. The number of rotatable bonds is 5. The minimum Gasteiger partial charge on any atom is -0.497 e. The van der Waals surface area contributed by atoms with E-state index in [0.29, 0.717) is 6.61 Å². The maximum Gasteiger partial charge on any atom is 0.313 e. The Kier molecular flexibility index (Phi) is 4.43. The molecule has 0 aromatic heterocycles. The van der Waals surface area contributed by atoms with Gasteiger partial charge in [0, 0.05) is 6.54 Å². The van der Waals surface area contributed by atoms with Crippen molar-refractivity contribution in [2.45, 2.75) is 26.4 Å². The Labute approximate surface area is 114 Å². The second-order valence-corrected chi connectivity index (χ2v) is 4.99. The van der Waals surface area contributed by atoms with Gasteiger partial charge in [-0.25, -0.2) is 0 Å². The molecule has 1 aromatic rings. The maximum absolute atomic E-state index is 12.2. The van der Waals surface area contributed by atoms with E-state index in [4.69, 9.17) is 9.47 Å². The predicted octanol–water partition coefficient (Wildman–Crippen LogP) is 2.13. The average molecular weight is 263 g/mol.